The van der Waals surface area contributed by atoms with Gasteiger partial charge in [0.1, 0.15) is 11.5 Å². The van der Waals surface area contributed by atoms with Gasteiger partial charge in [0.2, 0.25) is 0 Å². The first-order valence-corrected chi connectivity index (χ1v) is 5.90. The van der Waals surface area contributed by atoms with E-state index in [4.69, 9.17) is 16.3 Å². The van der Waals surface area contributed by atoms with Gasteiger partial charge in [-0.2, -0.15) is 0 Å². The Hall–Kier alpha value is -0.930. The van der Waals surface area contributed by atoms with Crippen molar-refractivity contribution in [3.05, 3.63) is 22.7 Å². The minimum atomic E-state index is 0.168. The summed E-state index contributed by atoms with van der Waals surface area (Å²) >= 11 is 5.96. The molecule has 1 aromatic carbocycles. The number of aromatic hydroxyl groups is 1. The van der Waals surface area contributed by atoms with E-state index in [2.05, 4.69) is 5.32 Å². The summed E-state index contributed by atoms with van der Waals surface area (Å²) in [7, 11) is 1.60. The molecular weight excluding hydrogens is 226 g/mol. The number of rotatable bonds is 2. The minimum absolute atomic E-state index is 0.168. The number of hydrogen-bond donors (Lipinski definition) is 2. The summed E-state index contributed by atoms with van der Waals surface area (Å²) in [5, 5.41) is 13.7. The second-order valence-corrected chi connectivity index (χ2v) is 4.46. The Morgan fingerprint density at radius 3 is 2.88 bits per heavy atom. The van der Waals surface area contributed by atoms with Crippen LogP contribution in [-0.2, 0) is 0 Å². The topological polar surface area (TPSA) is 41.5 Å². The molecule has 0 aromatic heterocycles. The van der Waals surface area contributed by atoms with Crippen molar-refractivity contribution in [3.63, 3.8) is 0 Å². The van der Waals surface area contributed by atoms with Crippen molar-refractivity contribution in [1.29, 1.82) is 0 Å². The minimum Gasteiger partial charge on any atom is -0.506 e. The predicted octanol–water partition coefficient (Wildman–Crippen LogP) is 2.87. The van der Waals surface area contributed by atoms with Gasteiger partial charge in [0.05, 0.1) is 12.1 Å². The SMILES string of the molecule is COc1cc(Cl)c(O)c(C2CCCCN2)c1. The van der Waals surface area contributed by atoms with Crippen molar-refractivity contribution in [2.45, 2.75) is 25.3 Å². The van der Waals surface area contributed by atoms with Crippen molar-refractivity contribution in [2.24, 2.45) is 0 Å². The Labute approximate surface area is 100 Å². The second-order valence-electron chi connectivity index (χ2n) is 4.05. The molecule has 0 amide bonds. The number of ether oxygens (including phenoxy) is 1. The smallest absolute Gasteiger partial charge is 0.139 e. The van der Waals surface area contributed by atoms with Gasteiger partial charge in [0.25, 0.3) is 0 Å². The van der Waals surface area contributed by atoms with E-state index in [1.54, 1.807) is 13.2 Å². The maximum absolute atomic E-state index is 9.94. The molecule has 0 saturated carbocycles. The average Bonchev–Trinajstić information content (AvgIpc) is 2.33. The van der Waals surface area contributed by atoms with Gasteiger partial charge in [0.15, 0.2) is 0 Å². The molecule has 88 valence electrons. The van der Waals surface area contributed by atoms with Gasteiger partial charge in [-0.3, -0.25) is 0 Å². The third-order valence-corrected chi connectivity index (χ3v) is 3.28. The van der Waals surface area contributed by atoms with Crippen LogP contribution in [0.4, 0.5) is 0 Å². The summed E-state index contributed by atoms with van der Waals surface area (Å²) in [5.74, 6) is 0.854. The molecule has 0 bridgehead atoms. The third-order valence-electron chi connectivity index (χ3n) is 2.99. The van der Waals surface area contributed by atoms with E-state index < -0.39 is 0 Å². The molecule has 1 saturated heterocycles. The highest BCUT2D eigenvalue weighted by Crippen LogP contribution is 2.38. The lowest BCUT2D eigenvalue weighted by Crippen LogP contribution is -2.26. The molecule has 1 unspecified atom stereocenters. The van der Waals surface area contributed by atoms with Crippen LogP contribution in [0.25, 0.3) is 0 Å². The van der Waals surface area contributed by atoms with E-state index in [0.717, 1.165) is 18.5 Å². The maximum atomic E-state index is 9.94. The number of methoxy groups -OCH3 is 1. The quantitative estimate of drug-likeness (QED) is 0.837. The Balaban J connectivity index is 2.33. The monoisotopic (exact) mass is 241 g/mol. The van der Waals surface area contributed by atoms with Crippen LogP contribution >= 0.6 is 11.6 Å². The van der Waals surface area contributed by atoms with Gasteiger partial charge in [-0.1, -0.05) is 18.0 Å². The lowest BCUT2D eigenvalue weighted by atomic mass is 9.96. The van der Waals surface area contributed by atoms with E-state index in [0.29, 0.717) is 10.8 Å². The first kappa shape index (κ1) is 11.6. The zero-order chi connectivity index (χ0) is 11.5. The number of nitrogens with one attached hydrogen (secondary N) is 1. The molecule has 1 heterocycles. The van der Waals surface area contributed by atoms with Crippen LogP contribution in [-0.4, -0.2) is 18.8 Å². The standard InChI is InChI=1S/C12H16ClNO2/c1-16-8-6-9(12(15)10(13)7-8)11-4-2-3-5-14-11/h6-7,11,14-15H,2-5H2,1H3. The number of hydrogen-bond acceptors (Lipinski definition) is 3. The molecule has 16 heavy (non-hydrogen) atoms. The fourth-order valence-corrected chi connectivity index (χ4v) is 2.31. The second kappa shape index (κ2) is 4.93. The summed E-state index contributed by atoms with van der Waals surface area (Å²) in [4.78, 5) is 0. The molecule has 1 aliphatic heterocycles. The molecule has 1 atom stereocenters. The van der Waals surface area contributed by atoms with Crippen LogP contribution < -0.4 is 10.1 Å². The molecule has 3 nitrogen and oxygen atoms in total. The average molecular weight is 242 g/mol. The first-order valence-electron chi connectivity index (χ1n) is 5.52. The van der Waals surface area contributed by atoms with Crippen molar-refractivity contribution >= 4 is 11.6 Å². The molecule has 1 aromatic rings. The molecular formula is C12H16ClNO2. The number of piperidine rings is 1. The first-order chi connectivity index (χ1) is 7.72. The van der Waals surface area contributed by atoms with Gasteiger partial charge in [-0.05, 0) is 25.5 Å². The summed E-state index contributed by atoms with van der Waals surface area (Å²) in [6.45, 7) is 0.985. The summed E-state index contributed by atoms with van der Waals surface area (Å²) in [5.41, 5.74) is 0.837. The van der Waals surface area contributed by atoms with Gasteiger partial charge in [-0.25, -0.2) is 0 Å². The van der Waals surface area contributed by atoms with Gasteiger partial charge < -0.3 is 15.2 Å². The maximum Gasteiger partial charge on any atom is 0.139 e. The number of halogens is 1. The molecule has 0 spiro atoms. The molecule has 0 radical (unpaired) electrons. The molecule has 0 aliphatic carbocycles. The highest BCUT2D eigenvalue weighted by Gasteiger charge is 2.20. The van der Waals surface area contributed by atoms with Gasteiger partial charge >= 0.3 is 0 Å². The van der Waals surface area contributed by atoms with Crippen molar-refractivity contribution in [1.82, 2.24) is 5.32 Å². The Morgan fingerprint density at radius 1 is 1.44 bits per heavy atom. The lowest BCUT2D eigenvalue weighted by Gasteiger charge is -2.25. The number of benzene rings is 1. The van der Waals surface area contributed by atoms with E-state index in [9.17, 15) is 5.11 Å². The fraction of sp³-hybridized carbons (Fsp3) is 0.500. The zero-order valence-electron chi connectivity index (χ0n) is 9.29. The van der Waals surface area contributed by atoms with Gasteiger partial charge in [0, 0.05) is 17.7 Å². The highest BCUT2D eigenvalue weighted by molar-refractivity contribution is 6.32. The summed E-state index contributed by atoms with van der Waals surface area (Å²) in [6.07, 6.45) is 3.39. The fourth-order valence-electron chi connectivity index (χ4n) is 2.10. The van der Waals surface area contributed by atoms with Crippen LogP contribution in [0, 0.1) is 0 Å². The molecule has 1 aliphatic rings. The van der Waals surface area contributed by atoms with Crippen LogP contribution in [0.5, 0.6) is 11.5 Å². The largest absolute Gasteiger partial charge is 0.506 e. The van der Waals surface area contributed by atoms with E-state index >= 15 is 0 Å². The normalized spacial score (nSPS) is 20.8. The summed E-state index contributed by atoms with van der Waals surface area (Å²) in [6, 6.07) is 3.66. The Kier molecular flexibility index (Phi) is 3.56. The summed E-state index contributed by atoms with van der Waals surface area (Å²) < 4.78 is 5.16. The Morgan fingerprint density at radius 2 is 2.25 bits per heavy atom. The van der Waals surface area contributed by atoms with Crippen molar-refractivity contribution < 1.29 is 9.84 Å². The third kappa shape index (κ3) is 2.25. The van der Waals surface area contributed by atoms with E-state index in [-0.39, 0.29) is 11.8 Å². The molecule has 4 heteroatoms. The molecule has 2 rings (SSSR count). The van der Waals surface area contributed by atoms with E-state index in [1.807, 2.05) is 6.07 Å². The van der Waals surface area contributed by atoms with Crippen LogP contribution in [0.1, 0.15) is 30.9 Å². The van der Waals surface area contributed by atoms with Crippen LogP contribution in [0.3, 0.4) is 0 Å². The lowest BCUT2D eigenvalue weighted by molar-refractivity contribution is 0.382. The van der Waals surface area contributed by atoms with Crippen molar-refractivity contribution in [2.75, 3.05) is 13.7 Å². The van der Waals surface area contributed by atoms with Crippen LogP contribution in [0.2, 0.25) is 5.02 Å². The molecule has 1 fully saturated rings. The number of phenols is 1. The van der Waals surface area contributed by atoms with Gasteiger partial charge in [-0.15, -0.1) is 0 Å². The highest BCUT2D eigenvalue weighted by atomic mass is 35.5. The zero-order valence-corrected chi connectivity index (χ0v) is 10.0. The van der Waals surface area contributed by atoms with Crippen molar-refractivity contribution in [3.8, 4) is 11.5 Å². The molecule has 2 N–H and O–H groups in total. The number of phenolic OH excluding ortho intramolecular Hbond substituents is 1. The Bertz CT molecular complexity index is 376. The van der Waals surface area contributed by atoms with Crippen LogP contribution in [0.15, 0.2) is 12.1 Å². The predicted molar refractivity (Wildman–Crippen MR) is 64.3 cm³/mol. The van der Waals surface area contributed by atoms with E-state index in [1.165, 1.54) is 12.8 Å².